The van der Waals surface area contributed by atoms with Crippen molar-refractivity contribution in [2.45, 2.75) is 20.5 Å². The van der Waals surface area contributed by atoms with Gasteiger partial charge in [-0.15, -0.1) is 0 Å². The number of halogens is 3. The standard InChI is InChI=1S/C21H18F3N3O2/c1-12-8-13(2)20(25-10-12)26-19-15(9-16(22)17(23)18(19)24)21(28)27-29-11-14-6-4-3-5-7-14/h3-10H,11H2,1-2H3,(H,25,26)(H,27,28). The molecule has 8 heteroatoms. The molecule has 3 aromatic rings. The van der Waals surface area contributed by atoms with Crippen molar-refractivity contribution < 1.29 is 22.8 Å². The highest BCUT2D eigenvalue weighted by atomic mass is 19.2. The quantitative estimate of drug-likeness (QED) is 0.463. The summed E-state index contributed by atoms with van der Waals surface area (Å²) in [5.41, 5.74) is 3.40. The molecule has 5 nitrogen and oxygen atoms in total. The number of nitrogens with zero attached hydrogens (tertiary/aromatic N) is 1. The van der Waals surface area contributed by atoms with Gasteiger partial charge in [-0.2, -0.15) is 0 Å². The first-order valence-corrected chi connectivity index (χ1v) is 8.70. The summed E-state index contributed by atoms with van der Waals surface area (Å²) in [6.45, 7) is 3.58. The number of hydrogen-bond acceptors (Lipinski definition) is 4. The van der Waals surface area contributed by atoms with Crippen molar-refractivity contribution in [3.05, 3.63) is 88.4 Å². The van der Waals surface area contributed by atoms with Gasteiger partial charge >= 0.3 is 0 Å². The first-order chi connectivity index (χ1) is 13.9. The lowest BCUT2D eigenvalue weighted by atomic mass is 10.1. The van der Waals surface area contributed by atoms with E-state index >= 15 is 0 Å². The van der Waals surface area contributed by atoms with Gasteiger partial charge in [-0.25, -0.2) is 23.6 Å². The van der Waals surface area contributed by atoms with Gasteiger partial charge in [-0.05, 0) is 36.6 Å². The maximum Gasteiger partial charge on any atom is 0.277 e. The fraction of sp³-hybridized carbons (Fsp3) is 0.143. The van der Waals surface area contributed by atoms with E-state index in [4.69, 9.17) is 4.84 Å². The lowest BCUT2D eigenvalue weighted by molar-refractivity contribution is 0.0233. The largest absolute Gasteiger partial charge is 0.337 e. The van der Waals surface area contributed by atoms with Crippen LogP contribution in [0.3, 0.4) is 0 Å². The Labute approximate surface area is 165 Å². The Kier molecular flexibility index (Phi) is 6.13. The zero-order chi connectivity index (χ0) is 21.0. The number of aromatic nitrogens is 1. The molecule has 2 aromatic carbocycles. The third kappa shape index (κ3) is 4.72. The number of aryl methyl sites for hydroxylation is 2. The summed E-state index contributed by atoms with van der Waals surface area (Å²) in [5.74, 6) is -5.44. The lowest BCUT2D eigenvalue weighted by Gasteiger charge is -2.15. The van der Waals surface area contributed by atoms with Crippen LogP contribution in [0.1, 0.15) is 27.0 Å². The molecule has 0 atom stereocenters. The van der Waals surface area contributed by atoms with Gasteiger partial charge in [0.1, 0.15) is 5.82 Å². The van der Waals surface area contributed by atoms with E-state index < -0.39 is 34.6 Å². The molecule has 0 bridgehead atoms. The van der Waals surface area contributed by atoms with Crippen LogP contribution in [0.5, 0.6) is 0 Å². The van der Waals surface area contributed by atoms with E-state index in [1.165, 1.54) is 6.20 Å². The Bertz CT molecular complexity index is 1040. The Hall–Kier alpha value is -3.39. The van der Waals surface area contributed by atoms with Crippen molar-refractivity contribution in [1.29, 1.82) is 0 Å². The average Bonchev–Trinajstić information content (AvgIpc) is 2.70. The molecular weight excluding hydrogens is 383 g/mol. The van der Waals surface area contributed by atoms with Crippen molar-refractivity contribution in [2.24, 2.45) is 0 Å². The van der Waals surface area contributed by atoms with Gasteiger partial charge in [-0.1, -0.05) is 36.4 Å². The Balaban J connectivity index is 1.85. The molecule has 29 heavy (non-hydrogen) atoms. The number of nitrogens with one attached hydrogen (secondary N) is 2. The van der Waals surface area contributed by atoms with E-state index in [-0.39, 0.29) is 12.4 Å². The molecule has 0 aliphatic heterocycles. The number of benzene rings is 2. The number of carbonyl (C=O) groups is 1. The fourth-order valence-corrected chi connectivity index (χ4v) is 2.68. The summed E-state index contributed by atoms with van der Waals surface area (Å²) in [6, 6.07) is 11.4. The van der Waals surface area contributed by atoms with Gasteiger partial charge in [-0.3, -0.25) is 9.63 Å². The van der Waals surface area contributed by atoms with E-state index in [9.17, 15) is 18.0 Å². The zero-order valence-corrected chi connectivity index (χ0v) is 15.7. The maximum atomic E-state index is 14.4. The van der Waals surface area contributed by atoms with E-state index in [2.05, 4.69) is 15.8 Å². The predicted molar refractivity (Wildman–Crippen MR) is 102 cm³/mol. The second-order valence-corrected chi connectivity index (χ2v) is 6.42. The second kappa shape index (κ2) is 8.74. The van der Waals surface area contributed by atoms with Crippen LogP contribution < -0.4 is 10.8 Å². The molecule has 1 heterocycles. The first-order valence-electron chi connectivity index (χ1n) is 8.70. The maximum absolute atomic E-state index is 14.4. The van der Waals surface area contributed by atoms with Gasteiger partial charge in [0, 0.05) is 6.20 Å². The average molecular weight is 401 g/mol. The number of hydrogen-bond donors (Lipinski definition) is 2. The summed E-state index contributed by atoms with van der Waals surface area (Å²) in [7, 11) is 0. The van der Waals surface area contributed by atoms with Crippen LogP contribution in [0.25, 0.3) is 0 Å². The molecular formula is C21H18F3N3O2. The monoisotopic (exact) mass is 401 g/mol. The molecule has 0 radical (unpaired) electrons. The molecule has 1 aromatic heterocycles. The molecule has 0 spiro atoms. The molecule has 0 aliphatic carbocycles. The van der Waals surface area contributed by atoms with Crippen LogP contribution in [0.4, 0.5) is 24.7 Å². The topological polar surface area (TPSA) is 63.2 Å². The van der Waals surface area contributed by atoms with Crippen molar-refractivity contribution in [2.75, 3.05) is 5.32 Å². The molecule has 0 unspecified atom stereocenters. The van der Waals surface area contributed by atoms with Gasteiger partial charge < -0.3 is 5.32 Å². The minimum absolute atomic E-state index is 0.0418. The van der Waals surface area contributed by atoms with Crippen molar-refractivity contribution in [3.8, 4) is 0 Å². The molecule has 0 saturated carbocycles. The van der Waals surface area contributed by atoms with E-state index in [0.717, 1.165) is 11.1 Å². The summed E-state index contributed by atoms with van der Waals surface area (Å²) in [6.07, 6.45) is 1.52. The summed E-state index contributed by atoms with van der Waals surface area (Å²) < 4.78 is 42.0. The third-order valence-corrected chi connectivity index (χ3v) is 4.11. The second-order valence-electron chi connectivity index (χ2n) is 6.42. The lowest BCUT2D eigenvalue weighted by Crippen LogP contribution is -2.25. The fourth-order valence-electron chi connectivity index (χ4n) is 2.68. The summed E-state index contributed by atoms with van der Waals surface area (Å²) in [5, 5.41) is 2.58. The molecule has 150 valence electrons. The normalized spacial score (nSPS) is 10.7. The van der Waals surface area contributed by atoms with Gasteiger partial charge in [0.05, 0.1) is 17.9 Å². The minimum Gasteiger partial charge on any atom is -0.337 e. The van der Waals surface area contributed by atoms with E-state index in [1.54, 1.807) is 37.3 Å². The van der Waals surface area contributed by atoms with E-state index in [0.29, 0.717) is 11.6 Å². The highest BCUT2D eigenvalue weighted by molar-refractivity contribution is 6.00. The molecule has 0 saturated heterocycles. The van der Waals surface area contributed by atoms with Crippen LogP contribution in [0.2, 0.25) is 0 Å². The number of amides is 1. The van der Waals surface area contributed by atoms with Crippen molar-refractivity contribution >= 4 is 17.4 Å². The number of hydroxylamine groups is 1. The van der Waals surface area contributed by atoms with Gasteiger partial charge in [0.25, 0.3) is 5.91 Å². The Morgan fingerprint density at radius 2 is 1.79 bits per heavy atom. The van der Waals surface area contributed by atoms with Crippen LogP contribution in [0, 0.1) is 31.3 Å². The van der Waals surface area contributed by atoms with Gasteiger partial charge in [0.15, 0.2) is 17.5 Å². The molecule has 0 aliphatic rings. The van der Waals surface area contributed by atoms with Crippen LogP contribution in [-0.4, -0.2) is 10.9 Å². The van der Waals surface area contributed by atoms with Crippen LogP contribution >= 0.6 is 0 Å². The molecule has 2 N–H and O–H groups in total. The third-order valence-electron chi connectivity index (χ3n) is 4.11. The number of pyridine rings is 1. The predicted octanol–water partition coefficient (Wildman–Crippen LogP) is 4.72. The van der Waals surface area contributed by atoms with E-state index in [1.807, 2.05) is 13.0 Å². The minimum atomic E-state index is -1.70. The highest BCUT2D eigenvalue weighted by Crippen LogP contribution is 2.29. The summed E-state index contributed by atoms with van der Waals surface area (Å²) >= 11 is 0. The van der Waals surface area contributed by atoms with Crippen molar-refractivity contribution in [3.63, 3.8) is 0 Å². The SMILES string of the molecule is Cc1cnc(Nc2c(C(=O)NOCc3ccccc3)cc(F)c(F)c2F)c(C)c1. The molecule has 1 amide bonds. The highest BCUT2D eigenvalue weighted by Gasteiger charge is 2.24. The van der Waals surface area contributed by atoms with Crippen molar-refractivity contribution in [1.82, 2.24) is 10.5 Å². The molecule has 3 rings (SSSR count). The van der Waals surface area contributed by atoms with Crippen LogP contribution in [0.15, 0.2) is 48.7 Å². The van der Waals surface area contributed by atoms with Crippen LogP contribution in [-0.2, 0) is 11.4 Å². The Morgan fingerprint density at radius 3 is 2.48 bits per heavy atom. The smallest absolute Gasteiger partial charge is 0.277 e. The number of anilines is 2. The van der Waals surface area contributed by atoms with Gasteiger partial charge in [0.2, 0.25) is 0 Å². The first kappa shape index (κ1) is 20.3. The number of carbonyl (C=O) groups excluding carboxylic acids is 1. The molecule has 0 fully saturated rings. The number of rotatable bonds is 6. The zero-order valence-electron chi connectivity index (χ0n) is 15.7. The Morgan fingerprint density at radius 1 is 1.07 bits per heavy atom. The summed E-state index contributed by atoms with van der Waals surface area (Å²) in [4.78, 5) is 21.7.